The van der Waals surface area contributed by atoms with Crippen molar-refractivity contribution in [2.45, 2.75) is 38.7 Å². The molecule has 8 heteroatoms. The van der Waals surface area contributed by atoms with Crippen molar-refractivity contribution in [3.63, 3.8) is 0 Å². The smallest absolute Gasteiger partial charge is 0.261 e. The second-order valence-corrected chi connectivity index (χ2v) is 15.8. The maximum absolute atomic E-state index is 10.3. The van der Waals surface area contributed by atoms with E-state index in [0.29, 0.717) is 48.2 Å². The Morgan fingerprint density at radius 1 is 0.682 bits per heavy atom. The highest BCUT2D eigenvalue weighted by Gasteiger charge is 2.50. The largest absolute Gasteiger partial charge is 0.493 e. The van der Waals surface area contributed by atoms with Crippen molar-refractivity contribution in [3.05, 3.63) is 108 Å². The Morgan fingerprint density at radius 3 is 1.70 bits per heavy atom. The summed E-state index contributed by atoms with van der Waals surface area (Å²) in [6.45, 7) is 7.24. The third-order valence-corrected chi connectivity index (χ3v) is 13.0. The second-order valence-electron chi connectivity index (χ2n) is 11.5. The fraction of sp³-hybridized carbons (Fsp3) is 0.306. The first-order valence-corrected chi connectivity index (χ1v) is 16.5. The summed E-state index contributed by atoms with van der Waals surface area (Å²) in [6, 6.07) is 30.6. The molecule has 0 aliphatic heterocycles. The number of benzene rings is 4. The maximum atomic E-state index is 10.3. The van der Waals surface area contributed by atoms with Crippen LogP contribution in [0, 0.1) is 0 Å². The van der Waals surface area contributed by atoms with Crippen LogP contribution in [0.3, 0.4) is 0 Å². The summed E-state index contributed by atoms with van der Waals surface area (Å²) in [5.41, 5.74) is 3.07. The molecule has 232 valence electrons. The zero-order valence-corrected chi connectivity index (χ0v) is 27.7. The molecular weight excluding hydrogens is 570 g/mol. The summed E-state index contributed by atoms with van der Waals surface area (Å²) >= 11 is 0. The van der Waals surface area contributed by atoms with E-state index in [1.165, 1.54) is 10.4 Å². The van der Waals surface area contributed by atoms with Crippen LogP contribution in [-0.4, -0.2) is 54.3 Å². The van der Waals surface area contributed by atoms with Gasteiger partial charge in [0.05, 0.1) is 34.2 Å². The fourth-order valence-corrected chi connectivity index (χ4v) is 10.4. The van der Waals surface area contributed by atoms with Crippen LogP contribution in [0.25, 0.3) is 0 Å². The van der Waals surface area contributed by atoms with Crippen LogP contribution in [0.2, 0.25) is 5.04 Å². The van der Waals surface area contributed by atoms with Gasteiger partial charge in [-0.2, -0.15) is 0 Å². The molecule has 0 amide bonds. The van der Waals surface area contributed by atoms with Crippen LogP contribution in [0.1, 0.15) is 37.5 Å². The van der Waals surface area contributed by atoms with Gasteiger partial charge in [-0.1, -0.05) is 92.7 Å². The lowest BCUT2D eigenvalue weighted by molar-refractivity contribution is 0.301. The molecule has 0 unspecified atom stereocenters. The number of oxime groups is 1. The number of hydrogen-bond acceptors (Lipinski definition) is 7. The molecule has 0 aromatic heterocycles. The predicted octanol–water partition coefficient (Wildman–Crippen LogP) is 6.26. The highest BCUT2D eigenvalue weighted by atomic mass is 28.4. The molecule has 0 saturated heterocycles. The van der Waals surface area contributed by atoms with Gasteiger partial charge in [0, 0.05) is 18.6 Å². The molecule has 0 bridgehead atoms. The fourth-order valence-electron chi connectivity index (χ4n) is 5.84. The minimum Gasteiger partial charge on any atom is -0.493 e. The highest BCUT2D eigenvalue weighted by molar-refractivity contribution is 6.99. The Hall–Kier alpha value is -4.27. The van der Waals surface area contributed by atoms with Crippen LogP contribution in [0.4, 0.5) is 0 Å². The van der Waals surface area contributed by atoms with Crippen molar-refractivity contribution in [1.82, 2.24) is 0 Å². The van der Waals surface area contributed by atoms with E-state index in [1.807, 2.05) is 42.5 Å². The van der Waals surface area contributed by atoms with Crippen molar-refractivity contribution in [1.29, 1.82) is 0 Å². The summed E-state index contributed by atoms with van der Waals surface area (Å²) in [4.78, 5) is 0. The van der Waals surface area contributed by atoms with Crippen molar-refractivity contribution in [2.75, 3.05) is 35.0 Å². The van der Waals surface area contributed by atoms with Crippen molar-refractivity contribution >= 4 is 24.4 Å². The van der Waals surface area contributed by atoms with Gasteiger partial charge in [-0.15, -0.1) is 0 Å². The number of ether oxygens (including phenoxy) is 4. The highest BCUT2D eigenvalue weighted by Crippen LogP contribution is 2.38. The van der Waals surface area contributed by atoms with E-state index in [4.69, 9.17) is 23.4 Å². The van der Waals surface area contributed by atoms with Gasteiger partial charge in [0.2, 0.25) is 0 Å². The minimum atomic E-state index is -2.74. The maximum Gasteiger partial charge on any atom is 0.261 e. The molecule has 44 heavy (non-hydrogen) atoms. The average molecular weight is 614 g/mol. The van der Waals surface area contributed by atoms with Gasteiger partial charge in [-0.3, -0.25) is 0 Å². The zero-order valence-electron chi connectivity index (χ0n) is 26.7. The number of rotatable bonds is 13. The molecule has 0 radical (unpaired) electrons. The summed E-state index contributed by atoms with van der Waals surface area (Å²) in [5, 5.41) is 16.3. The molecular formula is C36H43NO6Si. The first kappa shape index (κ1) is 32.6. The molecule has 0 fully saturated rings. The first-order chi connectivity index (χ1) is 21.2. The van der Waals surface area contributed by atoms with Gasteiger partial charge in [-0.25, -0.2) is 0 Å². The lowest BCUT2D eigenvalue weighted by atomic mass is 9.95. The van der Waals surface area contributed by atoms with E-state index < -0.39 is 8.32 Å². The van der Waals surface area contributed by atoms with Gasteiger partial charge in [0.25, 0.3) is 8.32 Å². The number of hydrogen-bond donors (Lipinski definition) is 1. The Labute approximate surface area is 262 Å². The van der Waals surface area contributed by atoms with Crippen LogP contribution in [0.5, 0.6) is 23.0 Å². The van der Waals surface area contributed by atoms with Crippen molar-refractivity contribution < 1.29 is 28.6 Å². The SMILES string of the molecule is COc1ccc(C/C(=N\O)c2cc(OC)c(OC)cc2CCO[Si](c2ccccc2)(c2ccccc2)C(C)(C)C)cc1OC. The molecule has 1 N–H and O–H groups in total. The van der Waals surface area contributed by atoms with E-state index in [-0.39, 0.29) is 5.04 Å². The Balaban J connectivity index is 1.73. The lowest BCUT2D eigenvalue weighted by Gasteiger charge is -2.43. The van der Waals surface area contributed by atoms with E-state index >= 15 is 0 Å². The minimum absolute atomic E-state index is 0.152. The monoisotopic (exact) mass is 613 g/mol. The first-order valence-electron chi connectivity index (χ1n) is 14.6. The topological polar surface area (TPSA) is 78.7 Å². The van der Waals surface area contributed by atoms with E-state index in [9.17, 15) is 5.21 Å². The molecule has 4 aromatic rings. The normalized spacial score (nSPS) is 12.1. The van der Waals surface area contributed by atoms with E-state index in [0.717, 1.165) is 16.7 Å². The van der Waals surface area contributed by atoms with Crippen molar-refractivity contribution in [2.24, 2.45) is 5.16 Å². The van der Waals surface area contributed by atoms with E-state index in [1.54, 1.807) is 28.4 Å². The Morgan fingerprint density at radius 2 is 1.20 bits per heavy atom. The quantitative estimate of drug-likeness (QED) is 0.0830. The van der Waals surface area contributed by atoms with E-state index in [2.05, 4.69) is 74.5 Å². The van der Waals surface area contributed by atoms with Crippen LogP contribution in [0.15, 0.2) is 96.2 Å². The van der Waals surface area contributed by atoms with Gasteiger partial charge < -0.3 is 28.6 Å². The molecule has 4 rings (SSSR count). The number of nitrogens with zero attached hydrogens (tertiary/aromatic N) is 1. The third-order valence-electron chi connectivity index (χ3n) is 7.97. The van der Waals surface area contributed by atoms with Crippen molar-refractivity contribution in [3.8, 4) is 23.0 Å². The Kier molecular flexibility index (Phi) is 10.7. The zero-order chi connectivity index (χ0) is 31.7. The van der Waals surface area contributed by atoms with Gasteiger partial charge in [0.1, 0.15) is 0 Å². The predicted molar refractivity (Wildman–Crippen MR) is 178 cm³/mol. The second kappa shape index (κ2) is 14.5. The lowest BCUT2D eigenvalue weighted by Crippen LogP contribution is -2.66. The van der Waals surface area contributed by atoms with Crippen LogP contribution in [-0.2, 0) is 17.3 Å². The molecule has 4 aromatic carbocycles. The summed E-state index contributed by atoms with van der Waals surface area (Å²) in [7, 11) is 3.67. The van der Waals surface area contributed by atoms with Crippen LogP contribution < -0.4 is 29.3 Å². The van der Waals surface area contributed by atoms with Gasteiger partial charge in [0.15, 0.2) is 23.0 Å². The molecule has 7 nitrogen and oxygen atoms in total. The standard InChI is InChI=1S/C36H43NO6Si/c1-36(2,3)44(28-14-10-8-11-15-28,29-16-12-9-13-17-29)43-21-20-27-24-34(41-6)35(42-7)25-30(27)31(37-38)22-26-18-19-32(39-4)33(23-26)40-5/h8-19,23-25,38H,20-22H2,1-7H3/b37-31+. The van der Waals surface area contributed by atoms with Crippen LogP contribution >= 0.6 is 0 Å². The molecule has 0 heterocycles. The third kappa shape index (κ3) is 6.77. The summed E-state index contributed by atoms with van der Waals surface area (Å²) < 4.78 is 29.4. The van der Waals surface area contributed by atoms with Gasteiger partial charge >= 0.3 is 0 Å². The molecule has 0 saturated carbocycles. The molecule has 0 atom stereocenters. The molecule has 0 aliphatic carbocycles. The Bertz CT molecular complexity index is 1510. The average Bonchev–Trinajstić information content (AvgIpc) is 3.05. The molecule has 0 spiro atoms. The molecule has 0 aliphatic rings. The van der Waals surface area contributed by atoms with Gasteiger partial charge in [-0.05, 0) is 57.2 Å². The number of methoxy groups -OCH3 is 4. The summed E-state index contributed by atoms with van der Waals surface area (Å²) in [6.07, 6.45) is 0.917. The summed E-state index contributed by atoms with van der Waals surface area (Å²) in [5.74, 6) is 2.38.